The van der Waals surface area contributed by atoms with E-state index in [4.69, 9.17) is 9.68 Å². The number of thiophene rings is 1. The summed E-state index contributed by atoms with van der Waals surface area (Å²) in [4.78, 5) is 14.7. The number of rotatable bonds is 6. The van der Waals surface area contributed by atoms with Crippen molar-refractivity contribution >= 4 is 34.7 Å². The lowest BCUT2D eigenvalue weighted by Crippen LogP contribution is -2.32. The average Bonchev–Trinajstić information content (AvgIpc) is 3.29. The van der Waals surface area contributed by atoms with Crippen molar-refractivity contribution in [3.05, 3.63) is 47.8 Å². The van der Waals surface area contributed by atoms with Gasteiger partial charge in [-0.2, -0.15) is 5.26 Å². The van der Waals surface area contributed by atoms with Gasteiger partial charge >= 0.3 is 0 Å². The van der Waals surface area contributed by atoms with Crippen molar-refractivity contribution in [3.63, 3.8) is 0 Å². The van der Waals surface area contributed by atoms with Crippen LogP contribution in [0.5, 0.6) is 0 Å². The molecule has 0 spiro atoms. The molecule has 0 saturated heterocycles. The number of hydrogen-bond donors (Lipinski definition) is 0. The molecule has 1 aromatic carbocycles. The molecule has 1 amide bonds. The van der Waals surface area contributed by atoms with Gasteiger partial charge in [0, 0.05) is 5.69 Å². The maximum Gasteiger partial charge on any atom is 0.277 e. The Kier molecular flexibility index (Phi) is 5.25. The molecule has 0 atom stereocenters. The van der Waals surface area contributed by atoms with Gasteiger partial charge in [-0.3, -0.25) is 9.69 Å². The highest BCUT2D eigenvalue weighted by Gasteiger charge is 2.17. The van der Waals surface area contributed by atoms with Crippen LogP contribution in [0, 0.1) is 11.3 Å². The first-order chi connectivity index (χ1) is 11.8. The summed E-state index contributed by atoms with van der Waals surface area (Å²) in [7, 11) is 0. The van der Waals surface area contributed by atoms with Gasteiger partial charge in [0.1, 0.15) is 6.54 Å². The molecule has 0 fully saturated rings. The van der Waals surface area contributed by atoms with E-state index in [9.17, 15) is 4.79 Å². The van der Waals surface area contributed by atoms with E-state index in [1.807, 2.05) is 41.8 Å². The van der Waals surface area contributed by atoms with Crippen molar-refractivity contribution < 1.29 is 9.21 Å². The Labute approximate surface area is 146 Å². The smallest absolute Gasteiger partial charge is 0.277 e. The standard InChI is InChI=1S/C16H12N4O2S2/c17-8-9-20(12-5-2-1-3-6-12)14(21)11-24-16-19-18-15(22-16)13-7-4-10-23-13/h1-7,10H,9,11H2. The van der Waals surface area contributed by atoms with Gasteiger partial charge in [-0.25, -0.2) is 0 Å². The highest BCUT2D eigenvalue weighted by atomic mass is 32.2. The summed E-state index contributed by atoms with van der Waals surface area (Å²) in [5.41, 5.74) is 0.689. The van der Waals surface area contributed by atoms with Crippen LogP contribution in [0.4, 0.5) is 5.69 Å². The van der Waals surface area contributed by atoms with Gasteiger partial charge in [0.15, 0.2) is 0 Å². The average molecular weight is 356 g/mol. The van der Waals surface area contributed by atoms with Gasteiger partial charge in [-0.15, -0.1) is 21.5 Å². The number of para-hydroxylation sites is 1. The largest absolute Gasteiger partial charge is 0.410 e. The van der Waals surface area contributed by atoms with E-state index in [0.29, 0.717) is 16.8 Å². The van der Waals surface area contributed by atoms with E-state index in [1.165, 1.54) is 16.2 Å². The molecule has 6 nitrogen and oxygen atoms in total. The minimum absolute atomic E-state index is 0.00626. The lowest BCUT2D eigenvalue weighted by Gasteiger charge is -2.18. The van der Waals surface area contributed by atoms with Gasteiger partial charge in [-0.1, -0.05) is 36.0 Å². The van der Waals surface area contributed by atoms with Crippen LogP contribution < -0.4 is 4.90 Å². The van der Waals surface area contributed by atoms with Crippen LogP contribution in [0.25, 0.3) is 10.8 Å². The molecule has 0 aliphatic rings. The van der Waals surface area contributed by atoms with Crippen molar-refractivity contribution in [1.82, 2.24) is 10.2 Å². The van der Waals surface area contributed by atoms with E-state index in [-0.39, 0.29) is 18.2 Å². The van der Waals surface area contributed by atoms with Crippen LogP contribution in [0.1, 0.15) is 0 Å². The van der Waals surface area contributed by atoms with Crippen LogP contribution in [0.15, 0.2) is 57.5 Å². The number of anilines is 1. The predicted octanol–water partition coefficient (Wildman–Crippen LogP) is 3.45. The first kappa shape index (κ1) is 16.2. The summed E-state index contributed by atoms with van der Waals surface area (Å²) in [5.74, 6) is 0.364. The Hall–Kier alpha value is -2.63. The molecule has 0 aliphatic carbocycles. The molecule has 2 heterocycles. The second-order valence-electron chi connectivity index (χ2n) is 4.61. The fourth-order valence-corrected chi connectivity index (χ4v) is 3.25. The molecule has 0 unspecified atom stereocenters. The highest BCUT2D eigenvalue weighted by Crippen LogP contribution is 2.26. The van der Waals surface area contributed by atoms with Crippen molar-refractivity contribution in [2.75, 3.05) is 17.2 Å². The highest BCUT2D eigenvalue weighted by molar-refractivity contribution is 7.99. The zero-order chi connectivity index (χ0) is 16.8. The molecular formula is C16H12N4O2S2. The second kappa shape index (κ2) is 7.77. The van der Waals surface area contributed by atoms with E-state index in [2.05, 4.69) is 10.2 Å². The predicted molar refractivity (Wildman–Crippen MR) is 92.7 cm³/mol. The van der Waals surface area contributed by atoms with Gasteiger partial charge in [-0.05, 0) is 23.6 Å². The number of aromatic nitrogens is 2. The molecule has 120 valence electrons. The zero-order valence-corrected chi connectivity index (χ0v) is 14.1. The van der Waals surface area contributed by atoms with Crippen molar-refractivity contribution in [2.45, 2.75) is 5.22 Å². The summed E-state index contributed by atoms with van der Waals surface area (Å²) in [6.07, 6.45) is 0. The molecule has 0 bridgehead atoms. The third-order valence-electron chi connectivity index (χ3n) is 3.06. The van der Waals surface area contributed by atoms with Crippen LogP contribution in [0.2, 0.25) is 0 Å². The van der Waals surface area contributed by atoms with Gasteiger partial charge in [0.05, 0.1) is 16.7 Å². The van der Waals surface area contributed by atoms with Gasteiger partial charge in [0.25, 0.3) is 11.1 Å². The van der Waals surface area contributed by atoms with E-state index >= 15 is 0 Å². The van der Waals surface area contributed by atoms with Gasteiger partial charge in [0.2, 0.25) is 5.91 Å². The Morgan fingerprint density at radius 1 is 1.25 bits per heavy atom. The molecule has 2 aromatic heterocycles. The maximum atomic E-state index is 12.4. The number of nitriles is 1. The molecule has 24 heavy (non-hydrogen) atoms. The molecule has 0 aliphatic heterocycles. The minimum Gasteiger partial charge on any atom is -0.410 e. The number of thioether (sulfide) groups is 1. The summed E-state index contributed by atoms with van der Waals surface area (Å²) >= 11 is 2.67. The maximum absolute atomic E-state index is 12.4. The molecule has 0 radical (unpaired) electrons. The Bertz CT molecular complexity index is 841. The van der Waals surface area contributed by atoms with Crippen molar-refractivity contribution in [3.8, 4) is 16.8 Å². The van der Waals surface area contributed by atoms with E-state index < -0.39 is 0 Å². The number of carbonyl (C=O) groups is 1. The first-order valence-corrected chi connectivity index (χ1v) is 8.87. The number of carbonyl (C=O) groups excluding carboxylic acids is 1. The monoisotopic (exact) mass is 356 g/mol. The van der Waals surface area contributed by atoms with E-state index in [0.717, 1.165) is 16.6 Å². The Balaban J connectivity index is 1.65. The fraction of sp³-hybridized carbons (Fsp3) is 0.125. The third kappa shape index (κ3) is 3.82. The number of benzene rings is 1. The molecule has 0 saturated carbocycles. The van der Waals surface area contributed by atoms with Crippen LogP contribution in [-0.4, -0.2) is 28.4 Å². The normalized spacial score (nSPS) is 10.3. The quantitative estimate of drug-likeness (QED) is 0.497. The van der Waals surface area contributed by atoms with Crippen molar-refractivity contribution in [1.29, 1.82) is 5.26 Å². The summed E-state index contributed by atoms with van der Waals surface area (Å²) in [6.45, 7) is -0.00626. The topological polar surface area (TPSA) is 83.0 Å². The SMILES string of the molecule is N#CCN(C(=O)CSc1nnc(-c2cccs2)o1)c1ccccc1. The Morgan fingerprint density at radius 2 is 2.08 bits per heavy atom. The van der Waals surface area contributed by atoms with Crippen LogP contribution in [0.3, 0.4) is 0 Å². The van der Waals surface area contributed by atoms with Gasteiger partial charge < -0.3 is 4.42 Å². The van der Waals surface area contributed by atoms with Crippen molar-refractivity contribution in [2.24, 2.45) is 0 Å². The second-order valence-corrected chi connectivity index (χ2v) is 6.49. The molecular weight excluding hydrogens is 344 g/mol. The zero-order valence-electron chi connectivity index (χ0n) is 12.5. The lowest BCUT2D eigenvalue weighted by molar-refractivity contribution is -0.116. The Morgan fingerprint density at radius 3 is 2.79 bits per heavy atom. The molecule has 0 N–H and O–H groups in total. The van der Waals surface area contributed by atoms with Crippen LogP contribution >= 0.6 is 23.1 Å². The lowest BCUT2D eigenvalue weighted by atomic mass is 10.3. The summed E-state index contributed by atoms with van der Waals surface area (Å²) in [5, 5.41) is 19.1. The third-order valence-corrected chi connectivity index (χ3v) is 4.72. The number of hydrogen-bond acceptors (Lipinski definition) is 7. The van der Waals surface area contributed by atoms with Crippen LogP contribution in [-0.2, 0) is 4.79 Å². The first-order valence-electron chi connectivity index (χ1n) is 7.00. The van der Waals surface area contributed by atoms with E-state index in [1.54, 1.807) is 12.1 Å². The summed E-state index contributed by atoms with van der Waals surface area (Å²) < 4.78 is 5.54. The molecule has 3 aromatic rings. The number of nitrogens with zero attached hydrogens (tertiary/aromatic N) is 4. The number of amides is 1. The minimum atomic E-state index is -0.191. The molecule has 8 heteroatoms. The fourth-order valence-electron chi connectivity index (χ4n) is 1.97. The molecule has 3 rings (SSSR count). The summed E-state index contributed by atoms with van der Waals surface area (Å²) in [6, 6.07) is 14.9.